The van der Waals surface area contributed by atoms with E-state index in [1.807, 2.05) is 11.8 Å². The average Bonchev–Trinajstić information content (AvgIpc) is 2.62. The van der Waals surface area contributed by atoms with Gasteiger partial charge in [-0.15, -0.1) is 0 Å². The van der Waals surface area contributed by atoms with Crippen molar-refractivity contribution in [3.05, 3.63) is 0 Å². The smallest absolute Gasteiger partial charge is 0.0586 e. The first kappa shape index (κ1) is 12.3. The maximum Gasteiger partial charge on any atom is 0.0586 e. The molecule has 3 nitrogen and oxygen atoms in total. The molecule has 0 amide bonds. The molecule has 0 spiro atoms. The van der Waals surface area contributed by atoms with Crippen LogP contribution >= 0.6 is 11.8 Å². The second-order valence-corrected chi connectivity index (χ2v) is 5.00. The van der Waals surface area contributed by atoms with Gasteiger partial charge in [0.25, 0.3) is 0 Å². The lowest BCUT2D eigenvalue weighted by Gasteiger charge is -2.25. The number of nitrogens with zero attached hydrogens (tertiary/aromatic N) is 1. The van der Waals surface area contributed by atoms with Gasteiger partial charge in [-0.2, -0.15) is 11.8 Å². The Morgan fingerprint density at radius 2 is 2.43 bits per heavy atom. The van der Waals surface area contributed by atoms with Gasteiger partial charge in [-0.25, -0.2) is 0 Å². The highest BCUT2D eigenvalue weighted by atomic mass is 32.2. The molecule has 0 saturated carbocycles. The maximum atomic E-state index is 9.14. The number of hydrogen-bond donors (Lipinski definition) is 2. The van der Waals surface area contributed by atoms with Crippen LogP contribution in [0.1, 0.15) is 19.3 Å². The third-order valence-corrected chi connectivity index (χ3v) is 3.52. The second-order valence-electron chi connectivity index (χ2n) is 4.02. The number of likely N-dealkylation sites (tertiary alicyclic amines) is 1. The van der Waals surface area contributed by atoms with Crippen LogP contribution in [0.2, 0.25) is 0 Å². The fraction of sp³-hybridized carbons (Fsp3) is 1.00. The Bertz CT molecular complexity index is 157. The molecule has 0 bridgehead atoms. The Kier molecular flexibility index (Phi) is 5.86. The summed E-state index contributed by atoms with van der Waals surface area (Å²) in [5, 5.41) is 9.14. The Morgan fingerprint density at radius 3 is 3.07 bits per heavy atom. The van der Waals surface area contributed by atoms with E-state index in [2.05, 4.69) is 11.2 Å². The number of aliphatic hydroxyl groups is 1. The van der Waals surface area contributed by atoms with Crippen LogP contribution in [-0.4, -0.2) is 53.8 Å². The topological polar surface area (TPSA) is 49.5 Å². The fourth-order valence-corrected chi connectivity index (χ4v) is 2.54. The zero-order valence-corrected chi connectivity index (χ0v) is 9.80. The van der Waals surface area contributed by atoms with Crippen LogP contribution in [0.5, 0.6) is 0 Å². The van der Waals surface area contributed by atoms with E-state index in [0.717, 1.165) is 31.7 Å². The summed E-state index contributed by atoms with van der Waals surface area (Å²) in [6.07, 6.45) is 5.53. The third kappa shape index (κ3) is 3.77. The minimum atomic E-state index is 0.273. The van der Waals surface area contributed by atoms with Crippen LogP contribution in [0.3, 0.4) is 0 Å². The molecule has 0 radical (unpaired) electrons. The van der Waals surface area contributed by atoms with Crippen LogP contribution in [0.25, 0.3) is 0 Å². The van der Waals surface area contributed by atoms with Crippen molar-refractivity contribution in [3.8, 4) is 0 Å². The summed E-state index contributed by atoms with van der Waals surface area (Å²) in [7, 11) is 0. The molecular formula is C10H22N2OS. The van der Waals surface area contributed by atoms with Gasteiger partial charge in [-0.05, 0) is 37.8 Å². The molecule has 3 N–H and O–H groups in total. The zero-order valence-electron chi connectivity index (χ0n) is 8.98. The summed E-state index contributed by atoms with van der Waals surface area (Å²) in [4.78, 5) is 2.34. The van der Waals surface area contributed by atoms with Crippen molar-refractivity contribution in [1.82, 2.24) is 4.90 Å². The normalized spacial score (nSPS) is 25.5. The minimum Gasteiger partial charge on any atom is -0.395 e. The second kappa shape index (κ2) is 6.67. The fourth-order valence-electron chi connectivity index (χ4n) is 2.00. The average molecular weight is 218 g/mol. The quantitative estimate of drug-likeness (QED) is 0.682. The van der Waals surface area contributed by atoms with Crippen molar-refractivity contribution >= 4 is 11.8 Å². The van der Waals surface area contributed by atoms with Crippen LogP contribution < -0.4 is 5.73 Å². The molecule has 0 aromatic heterocycles. The van der Waals surface area contributed by atoms with E-state index in [0.29, 0.717) is 6.04 Å². The Labute approximate surface area is 91.0 Å². The summed E-state index contributed by atoms with van der Waals surface area (Å²) >= 11 is 1.85. The molecule has 0 aliphatic carbocycles. The summed E-state index contributed by atoms with van der Waals surface area (Å²) in [5.41, 5.74) is 6.02. The van der Waals surface area contributed by atoms with E-state index < -0.39 is 0 Å². The number of rotatable bonds is 6. The number of thioether (sulfide) groups is 1. The van der Waals surface area contributed by atoms with Gasteiger partial charge in [0.05, 0.1) is 6.61 Å². The van der Waals surface area contributed by atoms with E-state index in [4.69, 9.17) is 10.8 Å². The lowest BCUT2D eigenvalue weighted by molar-refractivity contribution is 0.152. The summed E-state index contributed by atoms with van der Waals surface area (Å²) in [6.45, 7) is 2.35. The standard InChI is InChI=1S/C10H22N2OS/c1-14-6-4-9(11)7-12-5-2-3-10(12)8-13/h9-10,13H,2-8,11H2,1H3/t9-,10-/m0/s1. The van der Waals surface area contributed by atoms with E-state index in [1.165, 1.54) is 6.42 Å². The molecule has 1 heterocycles. The highest BCUT2D eigenvalue weighted by Crippen LogP contribution is 2.17. The Hall–Kier alpha value is 0.230. The van der Waals surface area contributed by atoms with Crippen LogP contribution in [0.4, 0.5) is 0 Å². The van der Waals surface area contributed by atoms with Gasteiger partial charge in [0.15, 0.2) is 0 Å². The lowest BCUT2D eigenvalue weighted by atomic mass is 10.2. The van der Waals surface area contributed by atoms with Gasteiger partial charge in [0.1, 0.15) is 0 Å². The molecule has 1 fully saturated rings. The summed E-state index contributed by atoms with van der Waals surface area (Å²) in [5.74, 6) is 1.14. The highest BCUT2D eigenvalue weighted by molar-refractivity contribution is 7.98. The monoisotopic (exact) mass is 218 g/mol. The van der Waals surface area contributed by atoms with Crippen LogP contribution in [0, 0.1) is 0 Å². The van der Waals surface area contributed by atoms with Gasteiger partial charge in [0.2, 0.25) is 0 Å². The summed E-state index contributed by atoms with van der Waals surface area (Å²) in [6, 6.07) is 0.643. The third-order valence-electron chi connectivity index (χ3n) is 2.87. The molecule has 1 saturated heterocycles. The maximum absolute atomic E-state index is 9.14. The molecular weight excluding hydrogens is 196 g/mol. The zero-order chi connectivity index (χ0) is 10.4. The van der Waals surface area contributed by atoms with Crippen molar-refractivity contribution in [1.29, 1.82) is 0 Å². The van der Waals surface area contributed by atoms with Gasteiger partial charge >= 0.3 is 0 Å². The van der Waals surface area contributed by atoms with Gasteiger partial charge in [-0.3, -0.25) is 4.90 Å². The Balaban J connectivity index is 2.21. The predicted molar refractivity (Wildman–Crippen MR) is 62.7 cm³/mol. The number of nitrogens with two attached hydrogens (primary N) is 1. The molecule has 0 aromatic rings. The Morgan fingerprint density at radius 1 is 1.64 bits per heavy atom. The van der Waals surface area contributed by atoms with E-state index in [9.17, 15) is 0 Å². The molecule has 0 unspecified atom stereocenters. The first-order chi connectivity index (χ1) is 6.77. The molecule has 0 aromatic carbocycles. The van der Waals surface area contributed by atoms with Gasteiger partial charge < -0.3 is 10.8 Å². The van der Waals surface area contributed by atoms with E-state index in [-0.39, 0.29) is 12.6 Å². The van der Waals surface area contributed by atoms with Crippen molar-refractivity contribution in [2.45, 2.75) is 31.3 Å². The van der Waals surface area contributed by atoms with Gasteiger partial charge in [-0.1, -0.05) is 0 Å². The molecule has 1 aliphatic rings. The highest BCUT2D eigenvalue weighted by Gasteiger charge is 2.24. The largest absolute Gasteiger partial charge is 0.395 e. The molecule has 84 valence electrons. The molecule has 2 atom stereocenters. The van der Waals surface area contributed by atoms with Crippen molar-refractivity contribution in [2.24, 2.45) is 5.73 Å². The SMILES string of the molecule is CSCC[C@H](N)CN1CCC[C@H]1CO. The number of hydrogen-bond acceptors (Lipinski definition) is 4. The molecule has 1 rings (SSSR count). The molecule has 4 heteroatoms. The first-order valence-corrected chi connectivity index (χ1v) is 6.76. The van der Waals surface area contributed by atoms with Crippen molar-refractivity contribution in [3.63, 3.8) is 0 Å². The van der Waals surface area contributed by atoms with Crippen LogP contribution in [-0.2, 0) is 0 Å². The van der Waals surface area contributed by atoms with Crippen LogP contribution in [0.15, 0.2) is 0 Å². The van der Waals surface area contributed by atoms with Crippen molar-refractivity contribution < 1.29 is 5.11 Å². The predicted octanol–water partition coefficient (Wildman–Crippen LogP) is 0.523. The summed E-state index contributed by atoms with van der Waals surface area (Å²) < 4.78 is 0. The molecule has 14 heavy (non-hydrogen) atoms. The minimum absolute atomic E-state index is 0.273. The van der Waals surface area contributed by atoms with Crippen molar-refractivity contribution in [2.75, 3.05) is 31.7 Å². The number of aliphatic hydroxyl groups excluding tert-OH is 1. The van der Waals surface area contributed by atoms with Gasteiger partial charge in [0, 0.05) is 18.6 Å². The first-order valence-electron chi connectivity index (χ1n) is 5.37. The lowest BCUT2D eigenvalue weighted by Crippen LogP contribution is -2.41. The van der Waals surface area contributed by atoms with E-state index in [1.54, 1.807) is 0 Å². The molecule has 1 aliphatic heterocycles. The van der Waals surface area contributed by atoms with E-state index >= 15 is 0 Å².